The van der Waals surface area contributed by atoms with Gasteiger partial charge in [0.15, 0.2) is 0 Å². The van der Waals surface area contributed by atoms with Gasteiger partial charge in [-0.1, -0.05) is 12.5 Å². The molecule has 2 fully saturated rings. The molecule has 4 rings (SSSR count). The zero-order valence-electron chi connectivity index (χ0n) is 17.9. The molecular weight excluding hydrogens is 432 g/mol. The predicted molar refractivity (Wildman–Crippen MR) is 123 cm³/mol. The van der Waals surface area contributed by atoms with Crippen LogP contribution in [0.5, 0.6) is 0 Å². The smallest absolute Gasteiger partial charge is 0.243 e. The first-order valence-corrected chi connectivity index (χ1v) is 13.3. The SMILES string of the molecule is Cc1nc(CN2CCC(C(=O)Nc3cccc(S(=O)(=O)N4CCCCC4)c3)CC2)cs1. The van der Waals surface area contributed by atoms with Crippen LogP contribution >= 0.6 is 11.3 Å². The number of rotatable bonds is 6. The zero-order chi connectivity index (χ0) is 21.8. The van der Waals surface area contributed by atoms with Gasteiger partial charge in [0, 0.05) is 36.6 Å². The van der Waals surface area contributed by atoms with Gasteiger partial charge in [-0.05, 0) is 63.9 Å². The second kappa shape index (κ2) is 9.77. The third kappa shape index (κ3) is 5.52. The lowest BCUT2D eigenvalue weighted by Crippen LogP contribution is -2.38. The van der Waals surface area contributed by atoms with Crippen molar-refractivity contribution in [2.45, 2.75) is 50.5 Å². The molecule has 9 heteroatoms. The van der Waals surface area contributed by atoms with Crippen molar-refractivity contribution < 1.29 is 13.2 Å². The normalized spacial score (nSPS) is 19.4. The number of likely N-dealkylation sites (tertiary alicyclic amines) is 1. The number of hydrogen-bond donors (Lipinski definition) is 1. The average molecular weight is 463 g/mol. The van der Waals surface area contributed by atoms with Gasteiger partial charge in [0.1, 0.15) is 0 Å². The Hall–Kier alpha value is -1.81. The molecule has 0 spiro atoms. The van der Waals surface area contributed by atoms with Crippen LogP contribution in [0.25, 0.3) is 0 Å². The summed E-state index contributed by atoms with van der Waals surface area (Å²) in [5.74, 6) is -0.0903. The van der Waals surface area contributed by atoms with E-state index in [1.807, 2.05) is 6.92 Å². The Balaban J connectivity index is 1.33. The summed E-state index contributed by atoms with van der Waals surface area (Å²) in [6.45, 7) is 5.69. The number of carbonyl (C=O) groups is 1. The van der Waals surface area contributed by atoms with Crippen LogP contribution in [0, 0.1) is 12.8 Å². The van der Waals surface area contributed by atoms with Gasteiger partial charge in [-0.3, -0.25) is 9.69 Å². The number of sulfonamides is 1. The van der Waals surface area contributed by atoms with Crippen LogP contribution in [0.2, 0.25) is 0 Å². The summed E-state index contributed by atoms with van der Waals surface area (Å²) in [7, 11) is -3.51. The standard InChI is InChI=1S/C22H30N4O3S2/c1-17-23-20(16-30-17)15-25-12-8-18(9-13-25)22(27)24-19-6-5-7-21(14-19)31(28,29)26-10-3-2-4-11-26/h5-7,14,16,18H,2-4,8-13,15H2,1H3,(H,24,27). The van der Waals surface area contributed by atoms with E-state index >= 15 is 0 Å². The maximum Gasteiger partial charge on any atom is 0.243 e. The third-order valence-corrected chi connectivity index (χ3v) is 8.78. The molecule has 168 valence electrons. The van der Waals surface area contributed by atoms with Gasteiger partial charge in [0.2, 0.25) is 15.9 Å². The second-order valence-corrected chi connectivity index (χ2v) is 11.4. The van der Waals surface area contributed by atoms with Crippen molar-refractivity contribution in [1.29, 1.82) is 0 Å². The molecule has 0 aliphatic carbocycles. The largest absolute Gasteiger partial charge is 0.326 e. The second-order valence-electron chi connectivity index (χ2n) is 8.39. The minimum absolute atomic E-state index is 0.0309. The van der Waals surface area contributed by atoms with Gasteiger partial charge in [0.05, 0.1) is 15.6 Å². The summed E-state index contributed by atoms with van der Waals surface area (Å²) in [6, 6.07) is 6.65. The van der Waals surface area contributed by atoms with E-state index in [0.717, 1.165) is 62.4 Å². The number of hydrogen-bond acceptors (Lipinski definition) is 6. The molecule has 2 aliphatic rings. The fraction of sp³-hybridized carbons (Fsp3) is 0.545. The molecule has 0 saturated carbocycles. The van der Waals surface area contributed by atoms with Crippen molar-refractivity contribution in [2.75, 3.05) is 31.5 Å². The Labute approximate surface area is 188 Å². The minimum Gasteiger partial charge on any atom is -0.326 e. The van der Waals surface area contributed by atoms with Gasteiger partial charge < -0.3 is 5.32 Å². The molecule has 1 amide bonds. The van der Waals surface area contributed by atoms with E-state index < -0.39 is 10.0 Å². The predicted octanol–water partition coefficient (Wildman–Crippen LogP) is 3.48. The van der Waals surface area contributed by atoms with Crippen molar-refractivity contribution in [3.63, 3.8) is 0 Å². The molecule has 2 aromatic rings. The summed E-state index contributed by atoms with van der Waals surface area (Å²) < 4.78 is 27.4. The van der Waals surface area contributed by atoms with Crippen LogP contribution in [0.1, 0.15) is 42.8 Å². The van der Waals surface area contributed by atoms with Crippen molar-refractivity contribution in [1.82, 2.24) is 14.2 Å². The molecule has 31 heavy (non-hydrogen) atoms. The number of anilines is 1. The van der Waals surface area contributed by atoms with E-state index in [0.29, 0.717) is 18.8 Å². The zero-order valence-corrected chi connectivity index (χ0v) is 19.6. The minimum atomic E-state index is -3.51. The first-order chi connectivity index (χ1) is 14.9. The van der Waals surface area contributed by atoms with E-state index in [1.54, 1.807) is 39.9 Å². The summed E-state index contributed by atoms with van der Waals surface area (Å²) in [5.41, 5.74) is 1.64. The number of carbonyl (C=O) groups excluding carboxylic acids is 1. The van der Waals surface area contributed by atoms with Gasteiger partial charge in [-0.25, -0.2) is 13.4 Å². The quantitative estimate of drug-likeness (QED) is 0.711. The summed E-state index contributed by atoms with van der Waals surface area (Å²) in [4.78, 5) is 19.9. The Morgan fingerprint density at radius 1 is 1.16 bits per heavy atom. The molecule has 0 radical (unpaired) electrons. The number of aryl methyl sites for hydroxylation is 1. The third-order valence-electron chi connectivity index (χ3n) is 6.06. The average Bonchev–Trinajstić information content (AvgIpc) is 3.19. The van der Waals surface area contributed by atoms with Crippen LogP contribution in [-0.2, 0) is 21.4 Å². The number of aromatic nitrogens is 1. The van der Waals surface area contributed by atoms with Gasteiger partial charge in [-0.2, -0.15) is 4.31 Å². The summed E-state index contributed by atoms with van der Waals surface area (Å²) >= 11 is 1.66. The Morgan fingerprint density at radius 3 is 2.58 bits per heavy atom. The van der Waals surface area contributed by atoms with Crippen LogP contribution in [0.3, 0.4) is 0 Å². The fourth-order valence-electron chi connectivity index (χ4n) is 4.30. The number of piperidine rings is 2. The van der Waals surface area contributed by atoms with Gasteiger partial charge in [0.25, 0.3) is 0 Å². The monoisotopic (exact) mass is 462 g/mol. The molecule has 2 aliphatic heterocycles. The lowest BCUT2D eigenvalue weighted by atomic mass is 9.95. The maximum atomic E-state index is 12.9. The topological polar surface area (TPSA) is 82.6 Å². The highest BCUT2D eigenvalue weighted by molar-refractivity contribution is 7.89. The number of nitrogens with zero attached hydrogens (tertiary/aromatic N) is 3. The highest BCUT2D eigenvalue weighted by Crippen LogP contribution is 2.25. The molecule has 1 N–H and O–H groups in total. The van der Waals surface area contributed by atoms with E-state index in [-0.39, 0.29) is 16.7 Å². The number of amides is 1. The van der Waals surface area contributed by atoms with E-state index in [9.17, 15) is 13.2 Å². The molecule has 1 aromatic carbocycles. The number of thiazole rings is 1. The van der Waals surface area contributed by atoms with Crippen LogP contribution in [0.15, 0.2) is 34.5 Å². The Morgan fingerprint density at radius 2 is 1.90 bits per heavy atom. The maximum absolute atomic E-state index is 12.9. The van der Waals surface area contributed by atoms with Gasteiger partial charge >= 0.3 is 0 Å². The van der Waals surface area contributed by atoms with Crippen molar-refractivity contribution in [3.05, 3.63) is 40.3 Å². The van der Waals surface area contributed by atoms with Crippen molar-refractivity contribution in [3.8, 4) is 0 Å². The molecule has 0 atom stereocenters. The van der Waals surface area contributed by atoms with Crippen LogP contribution < -0.4 is 5.32 Å². The van der Waals surface area contributed by atoms with E-state index in [4.69, 9.17) is 0 Å². The summed E-state index contributed by atoms with van der Waals surface area (Å²) in [6.07, 6.45) is 4.46. The van der Waals surface area contributed by atoms with E-state index in [1.165, 1.54) is 0 Å². The highest BCUT2D eigenvalue weighted by atomic mass is 32.2. The van der Waals surface area contributed by atoms with Crippen molar-refractivity contribution in [2.24, 2.45) is 5.92 Å². The number of benzene rings is 1. The molecular formula is C22H30N4O3S2. The molecule has 2 saturated heterocycles. The van der Waals surface area contributed by atoms with Crippen LogP contribution in [-0.4, -0.2) is 54.7 Å². The molecule has 1 aromatic heterocycles. The Kier molecular flexibility index (Phi) is 7.05. The molecule has 0 bridgehead atoms. The van der Waals surface area contributed by atoms with Crippen LogP contribution in [0.4, 0.5) is 5.69 Å². The van der Waals surface area contributed by atoms with Gasteiger partial charge in [-0.15, -0.1) is 11.3 Å². The first kappa shape index (κ1) is 22.4. The summed E-state index contributed by atoms with van der Waals surface area (Å²) in [5, 5.41) is 6.12. The molecule has 7 nitrogen and oxygen atoms in total. The first-order valence-electron chi connectivity index (χ1n) is 11.0. The highest BCUT2D eigenvalue weighted by Gasteiger charge is 2.28. The van der Waals surface area contributed by atoms with Crippen molar-refractivity contribution >= 4 is 33.0 Å². The number of nitrogens with one attached hydrogen (secondary N) is 1. The Bertz CT molecular complexity index is 1010. The van der Waals surface area contributed by atoms with E-state index in [2.05, 4.69) is 20.6 Å². The lowest BCUT2D eigenvalue weighted by molar-refractivity contribution is -0.121. The molecule has 3 heterocycles. The molecule has 0 unspecified atom stereocenters. The fourth-order valence-corrected chi connectivity index (χ4v) is 6.46. The lowest BCUT2D eigenvalue weighted by Gasteiger charge is -2.30.